The lowest BCUT2D eigenvalue weighted by Crippen LogP contribution is -2.21. The molecule has 5 heteroatoms. The minimum absolute atomic E-state index is 0.152. The molecule has 0 aliphatic carbocycles. The van der Waals surface area contributed by atoms with Crippen molar-refractivity contribution in [1.29, 1.82) is 0 Å². The number of hydrogen-bond donors (Lipinski definition) is 2. The summed E-state index contributed by atoms with van der Waals surface area (Å²) >= 11 is 6.45. The van der Waals surface area contributed by atoms with Crippen molar-refractivity contribution in [3.05, 3.63) is 28.1 Å². The monoisotopic (exact) mass is 224 g/mol. The van der Waals surface area contributed by atoms with Gasteiger partial charge in [0.2, 0.25) is 0 Å². The topological polar surface area (TPSA) is 41.1 Å². The van der Waals surface area contributed by atoms with Crippen molar-refractivity contribution in [2.45, 2.75) is 6.92 Å². The first-order valence-electron chi connectivity index (χ1n) is 4.05. The highest BCUT2D eigenvalue weighted by molar-refractivity contribution is 7.80. The quantitative estimate of drug-likeness (QED) is 0.561. The van der Waals surface area contributed by atoms with E-state index in [1.807, 2.05) is 24.4 Å². The molecule has 14 heavy (non-hydrogen) atoms. The van der Waals surface area contributed by atoms with Crippen LogP contribution in [0.25, 0.3) is 5.57 Å². The van der Waals surface area contributed by atoms with E-state index in [2.05, 4.69) is 10.6 Å². The Bertz CT molecular complexity index is 420. The Morgan fingerprint density at radius 3 is 2.79 bits per heavy atom. The van der Waals surface area contributed by atoms with E-state index in [-0.39, 0.29) is 5.91 Å². The largest absolute Gasteiger partial charge is 0.328 e. The van der Waals surface area contributed by atoms with Gasteiger partial charge in [-0.3, -0.25) is 10.1 Å². The smallest absolute Gasteiger partial charge is 0.274 e. The van der Waals surface area contributed by atoms with Gasteiger partial charge in [0.05, 0.1) is 0 Å². The van der Waals surface area contributed by atoms with Gasteiger partial charge in [-0.2, -0.15) is 0 Å². The van der Waals surface area contributed by atoms with Crippen LogP contribution in [0.4, 0.5) is 0 Å². The van der Waals surface area contributed by atoms with Crippen LogP contribution in [0, 0.1) is 0 Å². The maximum absolute atomic E-state index is 11.4. The summed E-state index contributed by atoms with van der Waals surface area (Å²) in [5.41, 5.74) is 1.48. The SMILES string of the molecule is C/C(=C1/NC(=S)NC1=O)c1cccs1. The highest BCUT2D eigenvalue weighted by Gasteiger charge is 2.23. The zero-order chi connectivity index (χ0) is 10.1. The molecule has 1 fully saturated rings. The van der Waals surface area contributed by atoms with Crippen molar-refractivity contribution in [2.24, 2.45) is 0 Å². The second-order valence-corrected chi connectivity index (χ2v) is 4.24. The number of thiocarbonyl (C=S) groups is 1. The van der Waals surface area contributed by atoms with Crippen molar-refractivity contribution in [1.82, 2.24) is 10.6 Å². The number of nitrogens with one attached hydrogen (secondary N) is 2. The summed E-state index contributed by atoms with van der Waals surface area (Å²) < 4.78 is 0. The molecule has 1 aromatic heterocycles. The van der Waals surface area contributed by atoms with Crippen molar-refractivity contribution >= 4 is 40.1 Å². The van der Waals surface area contributed by atoms with E-state index in [4.69, 9.17) is 12.2 Å². The van der Waals surface area contributed by atoms with Gasteiger partial charge in [-0.15, -0.1) is 11.3 Å². The van der Waals surface area contributed by atoms with E-state index in [0.29, 0.717) is 10.8 Å². The average Bonchev–Trinajstić information content (AvgIpc) is 2.73. The molecule has 72 valence electrons. The van der Waals surface area contributed by atoms with Crippen molar-refractivity contribution in [2.75, 3.05) is 0 Å². The minimum atomic E-state index is -0.152. The predicted molar refractivity (Wildman–Crippen MR) is 60.8 cm³/mol. The number of carbonyl (C=O) groups excluding carboxylic acids is 1. The molecule has 0 bridgehead atoms. The number of amides is 1. The van der Waals surface area contributed by atoms with E-state index in [9.17, 15) is 4.79 Å². The highest BCUT2D eigenvalue weighted by atomic mass is 32.1. The van der Waals surface area contributed by atoms with Crippen LogP contribution < -0.4 is 10.6 Å². The molecule has 1 saturated heterocycles. The van der Waals surface area contributed by atoms with Crippen molar-refractivity contribution < 1.29 is 4.79 Å². The van der Waals surface area contributed by atoms with Gasteiger partial charge in [0.15, 0.2) is 5.11 Å². The molecule has 1 aliphatic heterocycles. The second-order valence-electron chi connectivity index (χ2n) is 2.89. The van der Waals surface area contributed by atoms with Gasteiger partial charge in [0, 0.05) is 4.88 Å². The molecule has 0 saturated carbocycles. The van der Waals surface area contributed by atoms with Crippen LogP contribution in [-0.4, -0.2) is 11.0 Å². The van der Waals surface area contributed by atoms with Crippen LogP contribution in [-0.2, 0) is 4.79 Å². The van der Waals surface area contributed by atoms with Gasteiger partial charge in [0.1, 0.15) is 5.70 Å². The van der Waals surface area contributed by atoms with Crippen molar-refractivity contribution in [3.8, 4) is 0 Å². The van der Waals surface area contributed by atoms with E-state index in [1.54, 1.807) is 11.3 Å². The van der Waals surface area contributed by atoms with Crippen LogP contribution in [0.15, 0.2) is 23.2 Å². The lowest BCUT2D eigenvalue weighted by atomic mass is 10.2. The third kappa shape index (κ3) is 1.56. The Balaban J connectivity index is 2.41. The number of thiophene rings is 1. The fraction of sp³-hybridized carbons (Fsp3) is 0.111. The van der Waals surface area contributed by atoms with Gasteiger partial charge < -0.3 is 5.32 Å². The maximum atomic E-state index is 11.4. The van der Waals surface area contributed by atoms with Gasteiger partial charge in [-0.1, -0.05) is 6.07 Å². The Morgan fingerprint density at radius 1 is 1.50 bits per heavy atom. The van der Waals surface area contributed by atoms with Crippen molar-refractivity contribution in [3.63, 3.8) is 0 Å². The molecule has 0 atom stereocenters. The molecule has 1 amide bonds. The van der Waals surface area contributed by atoms with Gasteiger partial charge >= 0.3 is 0 Å². The highest BCUT2D eigenvalue weighted by Crippen LogP contribution is 2.22. The number of carbonyl (C=O) groups is 1. The average molecular weight is 224 g/mol. The predicted octanol–water partition coefficient (Wildman–Crippen LogP) is 1.48. The molecule has 3 nitrogen and oxygen atoms in total. The first-order valence-corrected chi connectivity index (χ1v) is 5.34. The van der Waals surface area contributed by atoms with Gasteiger partial charge in [-0.25, -0.2) is 0 Å². The van der Waals surface area contributed by atoms with Gasteiger partial charge in [-0.05, 0) is 36.2 Å². The maximum Gasteiger partial charge on any atom is 0.274 e. The number of hydrogen-bond acceptors (Lipinski definition) is 3. The van der Waals surface area contributed by atoms with Crippen LogP contribution >= 0.6 is 23.6 Å². The third-order valence-electron chi connectivity index (χ3n) is 1.96. The summed E-state index contributed by atoms with van der Waals surface area (Å²) in [6.45, 7) is 1.90. The molecule has 1 aromatic rings. The summed E-state index contributed by atoms with van der Waals surface area (Å²) in [5, 5.41) is 7.74. The first-order chi connectivity index (χ1) is 6.68. The van der Waals surface area contributed by atoms with Crippen LogP contribution in [0.1, 0.15) is 11.8 Å². The molecule has 2 rings (SSSR count). The molecule has 2 N–H and O–H groups in total. The zero-order valence-corrected chi connectivity index (χ0v) is 9.09. The summed E-state index contributed by atoms with van der Waals surface area (Å²) in [6, 6.07) is 3.93. The Hall–Kier alpha value is -1.20. The van der Waals surface area contributed by atoms with E-state index in [1.165, 1.54) is 0 Å². The lowest BCUT2D eigenvalue weighted by molar-refractivity contribution is -0.115. The summed E-state index contributed by atoms with van der Waals surface area (Å²) in [6.07, 6.45) is 0. The molecular formula is C9H8N2OS2. The molecule has 0 spiro atoms. The normalized spacial score (nSPS) is 19.2. The molecule has 0 unspecified atom stereocenters. The standard InChI is InChI=1S/C9H8N2OS2/c1-5(6-3-2-4-14-6)7-8(12)11-9(13)10-7/h2-4H,1H3,(H2,10,11,12,13)/b7-5-. The Morgan fingerprint density at radius 2 is 2.29 bits per heavy atom. The van der Waals surface area contributed by atoms with E-state index < -0.39 is 0 Å². The molecule has 0 radical (unpaired) electrons. The summed E-state index contributed by atoms with van der Waals surface area (Å²) in [7, 11) is 0. The Labute approximate surface area is 90.8 Å². The summed E-state index contributed by atoms with van der Waals surface area (Å²) in [5.74, 6) is -0.152. The lowest BCUT2D eigenvalue weighted by Gasteiger charge is -2.00. The Kier molecular flexibility index (Phi) is 2.35. The third-order valence-corrected chi connectivity index (χ3v) is 3.15. The second kappa shape index (κ2) is 3.51. The molecule has 2 heterocycles. The van der Waals surface area contributed by atoms with E-state index in [0.717, 1.165) is 10.5 Å². The first kappa shape index (κ1) is 9.36. The zero-order valence-electron chi connectivity index (χ0n) is 7.46. The molecule has 0 aromatic carbocycles. The van der Waals surface area contributed by atoms with Crippen LogP contribution in [0.2, 0.25) is 0 Å². The van der Waals surface area contributed by atoms with E-state index >= 15 is 0 Å². The molecule has 1 aliphatic rings. The fourth-order valence-electron chi connectivity index (χ4n) is 1.25. The number of allylic oxidation sites excluding steroid dienone is 1. The van der Waals surface area contributed by atoms with Crippen LogP contribution in [0.5, 0.6) is 0 Å². The summed E-state index contributed by atoms with van der Waals surface area (Å²) in [4.78, 5) is 12.5. The number of rotatable bonds is 1. The minimum Gasteiger partial charge on any atom is -0.328 e. The van der Waals surface area contributed by atoms with Gasteiger partial charge in [0.25, 0.3) is 5.91 Å². The fourth-order valence-corrected chi connectivity index (χ4v) is 2.18. The van der Waals surface area contributed by atoms with Crippen LogP contribution in [0.3, 0.4) is 0 Å². The molecular weight excluding hydrogens is 216 g/mol.